The normalized spacial score (nSPS) is 20.7. The highest BCUT2D eigenvalue weighted by atomic mass is 19.1. The number of carbonyl (C=O) groups is 2. The maximum Gasteiger partial charge on any atom is 0.406 e. The fraction of sp³-hybridized carbons (Fsp3) is 0.467. The number of halogens is 1. The molecule has 5 nitrogen and oxygen atoms in total. The quantitative estimate of drug-likeness (QED) is 0.813. The van der Waals surface area contributed by atoms with Gasteiger partial charge in [0.1, 0.15) is 12.0 Å². The standard InChI is InChI=1S/C15H19FN2O3/c16-13-5-3-11(4-6-13)8-12-2-1-7-18(9-12)14(10-19)17-15(20)21/h3-6,10,12,14,17H,1-2,7-9H2,(H,20,21)/t12-,14?/m0/s1. The van der Waals surface area contributed by atoms with Gasteiger partial charge in [0.15, 0.2) is 6.29 Å². The topological polar surface area (TPSA) is 69.6 Å². The summed E-state index contributed by atoms with van der Waals surface area (Å²) >= 11 is 0. The van der Waals surface area contributed by atoms with E-state index in [9.17, 15) is 14.0 Å². The maximum absolute atomic E-state index is 12.9. The Labute approximate surface area is 122 Å². The number of rotatable bonds is 5. The first-order chi connectivity index (χ1) is 10.1. The molecule has 2 atom stereocenters. The number of carbonyl (C=O) groups excluding carboxylic acids is 1. The van der Waals surface area contributed by atoms with Crippen molar-refractivity contribution in [2.45, 2.75) is 25.4 Å². The Morgan fingerprint density at radius 2 is 2.19 bits per heavy atom. The summed E-state index contributed by atoms with van der Waals surface area (Å²) in [5.41, 5.74) is 1.05. The van der Waals surface area contributed by atoms with Crippen molar-refractivity contribution in [3.05, 3.63) is 35.6 Å². The molecule has 0 saturated carbocycles. The summed E-state index contributed by atoms with van der Waals surface area (Å²) in [5, 5.41) is 11.0. The molecule has 0 bridgehead atoms. The number of piperidine rings is 1. The molecular formula is C15H19FN2O3. The number of amides is 1. The van der Waals surface area contributed by atoms with Gasteiger partial charge in [-0.2, -0.15) is 0 Å². The van der Waals surface area contributed by atoms with E-state index in [0.29, 0.717) is 25.3 Å². The number of benzene rings is 1. The second-order valence-electron chi connectivity index (χ2n) is 5.36. The second kappa shape index (κ2) is 7.17. The van der Waals surface area contributed by atoms with Crippen LogP contribution in [-0.2, 0) is 11.2 Å². The molecule has 0 spiro atoms. The molecule has 1 fully saturated rings. The van der Waals surface area contributed by atoms with E-state index >= 15 is 0 Å². The van der Waals surface area contributed by atoms with E-state index in [1.807, 2.05) is 4.90 Å². The zero-order chi connectivity index (χ0) is 15.2. The van der Waals surface area contributed by atoms with Crippen LogP contribution in [0.3, 0.4) is 0 Å². The summed E-state index contributed by atoms with van der Waals surface area (Å²) in [4.78, 5) is 23.6. The maximum atomic E-state index is 12.9. The molecule has 0 radical (unpaired) electrons. The summed E-state index contributed by atoms with van der Waals surface area (Å²) in [6.07, 6.45) is 1.36. The third-order valence-corrected chi connectivity index (χ3v) is 3.78. The first-order valence-electron chi connectivity index (χ1n) is 7.01. The van der Waals surface area contributed by atoms with E-state index in [-0.39, 0.29) is 5.82 Å². The number of nitrogens with zero attached hydrogens (tertiary/aromatic N) is 1. The van der Waals surface area contributed by atoms with Crippen LogP contribution in [0.15, 0.2) is 24.3 Å². The lowest BCUT2D eigenvalue weighted by Crippen LogP contribution is -2.52. The minimum absolute atomic E-state index is 0.254. The largest absolute Gasteiger partial charge is 0.465 e. The minimum Gasteiger partial charge on any atom is -0.465 e. The summed E-state index contributed by atoms with van der Waals surface area (Å²) in [6, 6.07) is 6.41. The van der Waals surface area contributed by atoms with Gasteiger partial charge in [0, 0.05) is 13.1 Å². The lowest BCUT2D eigenvalue weighted by molar-refractivity contribution is -0.114. The van der Waals surface area contributed by atoms with Crippen LogP contribution in [0.1, 0.15) is 18.4 Å². The van der Waals surface area contributed by atoms with Gasteiger partial charge < -0.3 is 5.11 Å². The lowest BCUT2D eigenvalue weighted by Gasteiger charge is -2.35. The third kappa shape index (κ3) is 4.53. The molecule has 1 saturated heterocycles. The van der Waals surface area contributed by atoms with Crippen molar-refractivity contribution >= 4 is 12.4 Å². The number of hydrogen-bond acceptors (Lipinski definition) is 3. The number of likely N-dealkylation sites (tertiary alicyclic amines) is 1. The zero-order valence-corrected chi connectivity index (χ0v) is 11.7. The van der Waals surface area contributed by atoms with Crippen molar-refractivity contribution < 1.29 is 19.1 Å². The van der Waals surface area contributed by atoms with Gasteiger partial charge in [-0.3, -0.25) is 15.0 Å². The lowest BCUT2D eigenvalue weighted by atomic mass is 9.91. The van der Waals surface area contributed by atoms with Gasteiger partial charge in [-0.05, 0) is 42.9 Å². The number of carboxylic acid groups (broad SMARTS) is 1. The predicted octanol–water partition coefficient (Wildman–Crippen LogP) is 1.87. The Morgan fingerprint density at radius 1 is 1.48 bits per heavy atom. The Balaban J connectivity index is 1.94. The highest BCUT2D eigenvalue weighted by molar-refractivity contribution is 5.71. The van der Waals surface area contributed by atoms with E-state index in [2.05, 4.69) is 5.32 Å². The van der Waals surface area contributed by atoms with E-state index in [1.165, 1.54) is 12.1 Å². The van der Waals surface area contributed by atoms with E-state index in [4.69, 9.17) is 5.11 Å². The van der Waals surface area contributed by atoms with Crippen molar-refractivity contribution in [1.82, 2.24) is 10.2 Å². The molecule has 1 aromatic rings. The molecule has 1 aliphatic rings. The highest BCUT2D eigenvalue weighted by Gasteiger charge is 2.26. The molecule has 2 N–H and O–H groups in total. The second-order valence-corrected chi connectivity index (χ2v) is 5.36. The smallest absolute Gasteiger partial charge is 0.406 e. The Kier molecular flexibility index (Phi) is 5.27. The predicted molar refractivity (Wildman–Crippen MR) is 75.4 cm³/mol. The van der Waals surface area contributed by atoms with Crippen molar-refractivity contribution in [3.63, 3.8) is 0 Å². The van der Waals surface area contributed by atoms with Crippen LogP contribution < -0.4 is 5.32 Å². The molecule has 1 aliphatic heterocycles. The summed E-state index contributed by atoms with van der Waals surface area (Å²) in [7, 11) is 0. The zero-order valence-electron chi connectivity index (χ0n) is 11.7. The van der Waals surface area contributed by atoms with Crippen molar-refractivity contribution in [3.8, 4) is 0 Å². The number of nitrogens with one attached hydrogen (secondary N) is 1. The molecule has 21 heavy (non-hydrogen) atoms. The summed E-state index contributed by atoms with van der Waals surface area (Å²) in [5.74, 6) is 0.0814. The molecule has 0 aromatic heterocycles. The van der Waals surface area contributed by atoms with Crippen LogP contribution in [0, 0.1) is 11.7 Å². The fourth-order valence-electron chi connectivity index (χ4n) is 2.81. The van der Waals surface area contributed by atoms with Crippen LogP contribution in [0.5, 0.6) is 0 Å². The summed E-state index contributed by atoms with van der Waals surface area (Å²) < 4.78 is 12.9. The van der Waals surface area contributed by atoms with Crippen LogP contribution >= 0.6 is 0 Å². The van der Waals surface area contributed by atoms with Gasteiger partial charge in [-0.1, -0.05) is 12.1 Å². The van der Waals surface area contributed by atoms with Crippen molar-refractivity contribution in [1.29, 1.82) is 0 Å². The van der Waals surface area contributed by atoms with Crippen molar-refractivity contribution in [2.24, 2.45) is 5.92 Å². The monoisotopic (exact) mass is 294 g/mol. The third-order valence-electron chi connectivity index (χ3n) is 3.78. The average molecular weight is 294 g/mol. The fourth-order valence-corrected chi connectivity index (χ4v) is 2.81. The van der Waals surface area contributed by atoms with E-state index in [0.717, 1.165) is 24.8 Å². The average Bonchev–Trinajstić information content (AvgIpc) is 2.47. The van der Waals surface area contributed by atoms with Crippen LogP contribution in [0.4, 0.5) is 9.18 Å². The summed E-state index contributed by atoms with van der Waals surface area (Å²) in [6.45, 7) is 1.35. The molecule has 114 valence electrons. The number of aldehydes is 1. The van der Waals surface area contributed by atoms with Gasteiger partial charge in [-0.25, -0.2) is 9.18 Å². The molecule has 1 aromatic carbocycles. The van der Waals surface area contributed by atoms with Crippen LogP contribution in [0.25, 0.3) is 0 Å². The minimum atomic E-state index is -1.20. The van der Waals surface area contributed by atoms with Gasteiger partial charge in [0.25, 0.3) is 0 Å². The number of hydrogen-bond donors (Lipinski definition) is 2. The first kappa shape index (κ1) is 15.4. The molecule has 0 aliphatic carbocycles. The van der Waals surface area contributed by atoms with Crippen LogP contribution in [-0.4, -0.2) is 41.6 Å². The van der Waals surface area contributed by atoms with Gasteiger partial charge >= 0.3 is 6.09 Å². The highest BCUT2D eigenvalue weighted by Crippen LogP contribution is 2.21. The molecule has 6 heteroatoms. The van der Waals surface area contributed by atoms with Crippen molar-refractivity contribution in [2.75, 3.05) is 13.1 Å². The molecule has 2 rings (SSSR count). The first-order valence-corrected chi connectivity index (χ1v) is 7.01. The molecular weight excluding hydrogens is 275 g/mol. The van der Waals surface area contributed by atoms with E-state index < -0.39 is 12.3 Å². The van der Waals surface area contributed by atoms with E-state index in [1.54, 1.807) is 12.1 Å². The Bertz CT molecular complexity index is 492. The van der Waals surface area contributed by atoms with Crippen LogP contribution in [0.2, 0.25) is 0 Å². The Morgan fingerprint density at radius 3 is 2.81 bits per heavy atom. The van der Waals surface area contributed by atoms with Gasteiger partial charge in [0.05, 0.1) is 0 Å². The molecule has 1 heterocycles. The molecule has 1 amide bonds. The Hall–Kier alpha value is -1.95. The SMILES string of the molecule is O=CC(NC(=O)O)N1CCC[C@@H](Cc2ccc(F)cc2)C1. The molecule has 1 unspecified atom stereocenters. The van der Waals surface area contributed by atoms with Gasteiger partial charge in [0.2, 0.25) is 0 Å². The van der Waals surface area contributed by atoms with Gasteiger partial charge in [-0.15, -0.1) is 0 Å².